The molecule has 8 aromatic carbocycles. The van der Waals surface area contributed by atoms with E-state index in [1.54, 1.807) is 24.3 Å². The lowest BCUT2D eigenvalue weighted by molar-refractivity contribution is -0.255. The summed E-state index contributed by atoms with van der Waals surface area (Å²) in [6.45, 7) is 10.4. The molecule has 0 saturated heterocycles. The van der Waals surface area contributed by atoms with Crippen LogP contribution in [-0.4, -0.2) is 27.8 Å². The molecule has 0 amide bonds. The minimum atomic E-state index is -2.33. The van der Waals surface area contributed by atoms with E-state index in [-0.39, 0.29) is 21.3 Å². The molecule has 0 radical (unpaired) electrons. The summed E-state index contributed by atoms with van der Waals surface area (Å²) in [4.78, 5) is 14.3. The molecular weight excluding hydrogens is 741 g/mol. The third-order valence-corrected chi connectivity index (χ3v) is 13.2. The zero-order valence-electron chi connectivity index (χ0n) is 32.4. The fourth-order valence-electron chi connectivity index (χ4n) is 9.94. The lowest BCUT2D eigenvalue weighted by Gasteiger charge is -2.28. The molecule has 3 heterocycles. The summed E-state index contributed by atoms with van der Waals surface area (Å²) in [5, 5.41) is 22.8. The Morgan fingerprint density at radius 3 is 1.90 bits per heavy atom. The highest BCUT2D eigenvalue weighted by atomic mass is 32.2. The molecule has 11 rings (SSSR count). The van der Waals surface area contributed by atoms with Crippen LogP contribution < -0.4 is 29.9 Å². The first-order valence-corrected chi connectivity index (χ1v) is 20.6. The van der Waals surface area contributed by atoms with E-state index in [0.29, 0.717) is 13.1 Å². The predicted octanol–water partition coefficient (Wildman–Crippen LogP) is 8.38. The summed E-state index contributed by atoms with van der Waals surface area (Å²) in [6, 6.07) is 40.1. The van der Waals surface area contributed by atoms with Crippen molar-refractivity contribution >= 4 is 83.3 Å². The highest BCUT2D eigenvalue weighted by Gasteiger charge is 2.46. The van der Waals surface area contributed by atoms with Crippen molar-refractivity contribution in [2.45, 2.75) is 43.4 Å². The molecule has 284 valence electrons. The number of carbonyl (C=O) groups excluding carboxylic acids is 1. The number of benzene rings is 8. The monoisotopic (exact) mass is 777 g/mol. The largest absolute Gasteiger partial charge is 0.768 e. The molecule has 0 bridgehead atoms. The van der Waals surface area contributed by atoms with Gasteiger partial charge in [-0.25, -0.2) is 0 Å². The number of carboxylic acid groups (broad SMARTS) is 1. The van der Waals surface area contributed by atoms with Crippen LogP contribution in [0, 0.1) is 0 Å². The summed E-state index contributed by atoms with van der Waals surface area (Å²) in [7, 11) is 0. The van der Waals surface area contributed by atoms with Crippen LogP contribution in [0.25, 0.3) is 49.2 Å². The van der Waals surface area contributed by atoms with Gasteiger partial charge in [0.05, 0.1) is 28.0 Å². The topological polar surface area (TPSA) is 95.7 Å². The van der Waals surface area contributed by atoms with Crippen LogP contribution in [0.3, 0.4) is 0 Å². The zero-order valence-corrected chi connectivity index (χ0v) is 33.2. The summed E-state index contributed by atoms with van der Waals surface area (Å²) < 4.78 is 33.6. The van der Waals surface area contributed by atoms with Gasteiger partial charge in [-0.15, -0.1) is 0 Å². The van der Waals surface area contributed by atoms with Gasteiger partial charge in [0.2, 0.25) is 11.0 Å². The van der Waals surface area contributed by atoms with E-state index in [1.165, 1.54) is 0 Å². The first-order valence-electron chi connectivity index (χ1n) is 19.5. The van der Waals surface area contributed by atoms with E-state index >= 15 is 0 Å². The second kappa shape index (κ2) is 12.1. The standard InChI is InChI=1S/C50H38N2O5S/c1-49(2)26-51(33-15-13-28(14-16-33)48(53)54)44-38-23-31-11-7-5-9-29(31)21-36(38)40-25-41-37-22-30-10-6-8-12-32(30)24-39(37)45-43(47(41)57-46(40)42(44)49)50(3,4)27-52(45)34-17-19-35(20-18-34)58(55)56/h5-25H,26-27H2,1-4H3,(H-,53,54,55,56)/p-1. The number of fused-ring (bicyclic) bond motifs is 14. The Balaban J connectivity index is 1.29. The Labute approximate surface area is 337 Å². The van der Waals surface area contributed by atoms with Crippen LogP contribution in [0.4, 0.5) is 17.1 Å². The van der Waals surface area contributed by atoms with Crippen molar-refractivity contribution in [1.29, 1.82) is 0 Å². The number of ether oxygens (including phenoxy) is 1. The molecule has 0 N–H and O–H groups in total. The minimum absolute atomic E-state index is 0.139. The average Bonchev–Trinajstić information content (AvgIpc) is 3.68. The fraction of sp³-hybridized carbons (Fsp3) is 0.160. The number of rotatable bonds is 4. The van der Waals surface area contributed by atoms with Gasteiger partial charge in [-0.3, -0.25) is 4.21 Å². The predicted molar refractivity (Wildman–Crippen MR) is 229 cm³/mol. The summed E-state index contributed by atoms with van der Waals surface area (Å²) >= 11 is -2.33. The molecular formula is C50H37N2O5S-. The Kier molecular flexibility index (Phi) is 7.26. The van der Waals surface area contributed by atoms with Gasteiger partial charge in [-0.05, 0) is 117 Å². The van der Waals surface area contributed by atoms with Gasteiger partial charge in [-0.1, -0.05) is 74.5 Å². The molecule has 0 spiro atoms. The highest BCUT2D eigenvalue weighted by Crippen LogP contribution is 2.56. The summed E-state index contributed by atoms with van der Waals surface area (Å²) in [6.07, 6.45) is 2.35. The first kappa shape index (κ1) is 34.9. The van der Waals surface area contributed by atoms with Crippen molar-refractivity contribution < 1.29 is 23.4 Å². The van der Waals surface area contributed by atoms with Crippen molar-refractivity contribution in [3.05, 3.63) is 154 Å². The van der Waals surface area contributed by atoms with Gasteiger partial charge >= 0.3 is 0 Å². The molecule has 8 aromatic rings. The maximum Gasteiger partial charge on any atom is 0.221 e. The molecule has 1 unspecified atom stereocenters. The van der Waals surface area contributed by atoms with Gasteiger partial charge in [-0.2, -0.15) is 4.58 Å². The summed E-state index contributed by atoms with van der Waals surface area (Å²) in [5.74, 6) is 0.473. The molecule has 1 atom stereocenters. The Morgan fingerprint density at radius 2 is 1.29 bits per heavy atom. The third kappa shape index (κ3) is 4.98. The van der Waals surface area contributed by atoms with Crippen molar-refractivity contribution in [3.63, 3.8) is 0 Å². The van der Waals surface area contributed by atoms with Crippen molar-refractivity contribution in [2.24, 2.45) is 0 Å². The number of carbonyl (C=O) groups is 1. The van der Waals surface area contributed by atoms with E-state index in [2.05, 4.69) is 116 Å². The van der Waals surface area contributed by atoms with E-state index < -0.39 is 17.0 Å². The van der Waals surface area contributed by atoms with Crippen molar-refractivity contribution in [3.8, 4) is 11.5 Å². The van der Waals surface area contributed by atoms with Crippen LogP contribution in [0.15, 0.2) is 126 Å². The number of hydrogen-bond acceptors (Lipinski definition) is 6. The number of aromatic carboxylic acids is 1. The number of hydrogen-bond donors (Lipinski definition) is 0. The molecule has 0 fully saturated rings. The molecule has 3 aliphatic heterocycles. The van der Waals surface area contributed by atoms with Gasteiger partial charge in [0.1, 0.15) is 11.5 Å². The maximum absolute atomic E-state index is 11.8. The number of anilines is 2. The van der Waals surface area contributed by atoms with Gasteiger partial charge in [0, 0.05) is 56.4 Å². The second-order valence-electron chi connectivity index (χ2n) is 17.2. The third-order valence-electron chi connectivity index (χ3n) is 12.5. The molecule has 0 saturated carbocycles. The lowest BCUT2D eigenvalue weighted by atomic mass is 9.80. The number of nitrogens with zero attached hydrogens (tertiary/aromatic N) is 2. The van der Waals surface area contributed by atoms with Crippen molar-refractivity contribution in [2.75, 3.05) is 18.0 Å². The van der Waals surface area contributed by atoms with E-state index in [1.807, 2.05) is 24.3 Å². The minimum Gasteiger partial charge on any atom is -0.768 e. The van der Waals surface area contributed by atoms with E-state index in [9.17, 15) is 18.7 Å². The quantitative estimate of drug-likeness (QED) is 0.101. The Morgan fingerprint density at radius 1 is 0.707 bits per heavy atom. The van der Waals surface area contributed by atoms with Crippen LogP contribution >= 0.6 is 0 Å². The average molecular weight is 778 g/mol. The van der Waals surface area contributed by atoms with Gasteiger partial charge in [0.25, 0.3) is 0 Å². The maximum atomic E-state index is 11.8. The normalized spacial score (nSPS) is 16.5. The fourth-order valence-corrected chi connectivity index (χ4v) is 10.3. The smallest absolute Gasteiger partial charge is 0.221 e. The van der Waals surface area contributed by atoms with Crippen LogP contribution in [0.1, 0.15) is 54.7 Å². The lowest BCUT2D eigenvalue weighted by Crippen LogP contribution is -2.29. The zero-order chi connectivity index (χ0) is 39.8. The Bertz CT molecular complexity index is 3320. The number of carboxylic acids is 1. The van der Waals surface area contributed by atoms with Gasteiger partial charge in [0.15, 0.2) is 6.54 Å². The van der Waals surface area contributed by atoms with E-state index in [0.717, 1.165) is 98.9 Å². The second-order valence-corrected chi connectivity index (χ2v) is 18.1. The van der Waals surface area contributed by atoms with E-state index in [4.69, 9.17) is 4.74 Å². The molecule has 8 heteroatoms. The van der Waals surface area contributed by atoms with Crippen LogP contribution in [-0.2, 0) is 21.9 Å². The first-order chi connectivity index (χ1) is 27.9. The summed E-state index contributed by atoms with van der Waals surface area (Å²) in [5.41, 5.74) is 5.55. The molecule has 0 aliphatic carbocycles. The molecule has 7 nitrogen and oxygen atoms in total. The molecule has 0 aromatic heterocycles. The van der Waals surface area contributed by atoms with Crippen LogP contribution in [0.5, 0.6) is 11.5 Å². The van der Waals surface area contributed by atoms with Gasteiger partial charge < -0.3 is 24.1 Å². The van der Waals surface area contributed by atoms with Crippen molar-refractivity contribution in [1.82, 2.24) is 4.58 Å². The van der Waals surface area contributed by atoms with Crippen LogP contribution in [0.2, 0.25) is 0 Å². The highest BCUT2D eigenvalue weighted by molar-refractivity contribution is 7.79. The molecule has 3 aliphatic rings. The Hall–Kier alpha value is -6.35. The molecule has 58 heavy (non-hydrogen) atoms. The SMILES string of the molecule is CC1(C)CN(c2ccc(C(=O)[O-])cc2)c2c1c1c(c3cc4ccccc4cc23)C=c2c(c3c(c4cc5ccccc5cc24)=[N+](c2ccc(S(=O)[O-])cc2)CC3(C)C)O1.